The van der Waals surface area contributed by atoms with Gasteiger partial charge in [0.2, 0.25) is 5.91 Å². The third-order valence-electron chi connectivity index (χ3n) is 5.37. The molecule has 2 N–H and O–H groups in total. The van der Waals surface area contributed by atoms with Gasteiger partial charge in [-0.2, -0.15) is 0 Å². The van der Waals surface area contributed by atoms with Crippen molar-refractivity contribution in [1.29, 1.82) is 0 Å². The fourth-order valence-corrected chi connectivity index (χ4v) is 3.63. The molecule has 0 heterocycles. The van der Waals surface area contributed by atoms with E-state index in [1.54, 1.807) is 0 Å². The summed E-state index contributed by atoms with van der Waals surface area (Å²) in [4.78, 5) is 23.6. The van der Waals surface area contributed by atoms with Crippen LogP contribution >= 0.6 is 0 Å². The first-order valence-electron chi connectivity index (χ1n) is 7.57. The predicted octanol–water partition coefficient (Wildman–Crippen LogP) is 2.43. The van der Waals surface area contributed by atoms with E-state index in [1.165, 1.54) is 25.7 Å². The Hall–Kier alpha value is -1.06. The highest BCUT2D eigenvalue weighted by molar-refractivity contribution is 5.83. The van der Waals surface area contributed by atoms with Crippen molar-refractivity contribution in [3.05, 3.63) is 0 Å². The number of carboxylic acid groups (broad SMARTS) is 1. The molecule has 0 spiro atoms. The third-order valence-corrected chi connectivity index (χ3v) is 5.37. The van der Waals surface area contributed by atoms with Crippen LogP contribution in [0.25, 0.3) is 0 Å². The number of fused-ring (bicyclic) bond motifs is 1. The van der Waals surface area contributed by atoms with Crippen LogP contribution in [-0.4, -0.2) is 23.5 Å². The molecule has 2 fully saturated rings. The summed E-state index contributed by atoms with van der Waals surface area (Å²) >= 11 is 0. The number of amides is 1. The van der Waals surface area contributed by atoms with E-state index in [9.17, 15) is 14.7 Å². The maximum Gasteiger partial charge on any atom is 0.311 e. The van der Waals surface area contributed by atoms with Crippen LogP contribution in [0.5, 0.6) is 0 Å². The summed E-state index contributed by atoms with van der Waals surface area (Å²) < 4.78 is 0. The summed E-state index contributed by atoms with van der Waals surface area (Å²) in [6.07, 6.45) is 5.94. The molecule has 0 radical (unpaired) electrons. The molecule has 4 heteroatoms. The highest BCUT2D eigenvalue weighted by Gasteiger charge is 2.54. The molecular weight excluding hydrogens is 242 g/mol. The van der Waals surface area contributed by atoms with E-state index in [2.05, 4.69) is 5.32 Å². The standard InChI is InChI=1S/C15H25NO3/c1-3-15(4-2,14(18)19)9-16-13(17)12-10-7-5-6-8-11(10)12/h10-12H,3-9H2,1-2H3,(H,16,17)(H,18,19). The third kappa shape index (κ3) is 2.63. The molecule has 108 valence electrons. The van der Waals surface area contributed by atoms with Gasteiger partial charge in [-0.25, -0.2) is 0 Å². The Balaban J connectivity index is 1.88. The van der Waals surface area contributed by atoms with Crippen LogP contribution in [0.2, 0.25) is 0 Å². The fraction of sp³-hybridized carbons (Fsp3) is 0.867. The van der Waals surface area contributed by atoms with Crippen molar-refractivity contribution < 1.29 is 14.7 Å². The van der Waals surface area contributed by atoms with Gasteiger partial charge in [0.05, 0.1) is 5.41 Å². The number of carboxylic acids is 1. The van der Waals surface area contributed by atoms with Gasteiger partial charge in [-0.15, -0.1) is 0 Å². The van der Waals surface area contributed by atoms with Crippen molar-refractivity contribution in [3.63, 3.8) is 0 Å². The lowest BCUT2D eigenvalue weighted by Crippen LogP contribution is -2.43. The Kier molecular flexibility index (Phi) is 4.16. The fourth-order valence-electron chi connectivity index (χ4n) is 3.63. The number of rotatable bonds is 6. The minimum absolute atomic E-state index is 0.0874. The van der Waals surface area contributed by atoms with Gasteiger partial charge in [0.15, 0.2) is 0 Å². The molecule has 0 saturated heterocycles. The lowest BCUT2D eigenvalue weighted by atomic mass is 9.82. The van der Waals surface area contributed by atoms with E-state index in [4.69, 9.17) is 0 Å². The van der Waals surface area contributed by atoms with Crippen molar-refractivity contribution >= 4 is 11.9 Å². The van der Waals surface area contributed by atoms with E-state index < -0.39 is 11.4 Å². The van der Waals surface area contributed by atoms with E-state index in [0.717, 1.165) is 0 Å². The number of carbonyl (C=O) groups excluding carboxylic acids is 1. The number of hydrogen-bond donors (Lipinski definition) is 2. The zero-order valence-corrected chi connectivity index (χ0v) is 11.9. The molecule has 0 aromatic heterocycles. The number of nitrogens with one attached hydrogen (secondary N) is 1. The first-order chi connectivity index (χ1) is 9.05. The summed E-state index contributed by atoms with van der Waals surface area (Å²) in [5.74, 6) is 0.616. The summed E-state index contributed by atoms with van der Waals surface area (Å²) in [5, 5.41) is 12.3. The average molecular weight is 267 g/mol. The Bertz CT molecular complexity index is 350. The molecule has 2 atom stereocenters. The van der Waals surface area contributed by atoms with Gasteiger partial charge in [0.1, 0.15) is 0 Å². The number of carbonyl (C=O) groups is 2. The summed E-state index contributed by atoms with van der Waals surface area (Å²) in [5.41, 5.74) is -0.796. The first kappa shape index (κ1) is 14.4. The summed E-state index contributed by atoms with van der Waals surface area (Å²) in [6.45, 7) is 4.02. The quantitative estimate of drug-likeness (QED) is 0.776. The second-order valence-electron chi connectivity index (χ2n) is 6.15. The van der Waals surface area contributed by atoms with Gasteiger partial charge >= 0.3 is 5.97 Å². The monoisotopic (exact) mass is 267 g/mol. The molecule has 0 aliphatic heterocycles. The molecule has 0 bridgehead atoms. The second-order valence-corrected chi connectivity index (χ2v) is 6.15. The summed E-state index contributed by atoms with van der Waals surface area (Å²) in [6, 6.07) is 0. The molecule has 2 aliphatic carbocycles. The SMILES string of the molecule is CCC(CC)(CNC(=O)C1C2CCCCC21)C(=O)O. The molecule has 0 aromatic carbocycles. The average Bonchev–Trinajstić information content (AvgIpc) is 3.14. The van der Waals surface area contributed by atoms with Crippen molar-refractivity contribution in [1.82, 2.24) is 5.32 Å². The zero-order valence-electron chi connectivity index (χ0n) is 11.9. The molecule has 2 unspecified atom stereocenters. The van der Waals surface area contributed by atoms with Crippen LogP contribution in [0.4, 0.5) is 0 Å². The maximum absolute atomic E-state index is 12.2. The van der Waals surface area contributed by atoms with Crippen molar-refractivity contribution in [2.24, 2.45) is 23.2 Å². The Morgan fingerprint density at radius 2 is 1.68 bits per heavy atom. The van der Waals surface area contributed by atoms with Crippen LogP contribution in [0.1, 0.15) is 52.4 Å². The molecule has 2 saturated carbocycles. The Morgan fingerprint density at radius 1 is 1.16 bits per heavy atom. The van der Waals surface area contributed by atoms with E-state index in [-0.39, 0.29) is 18.4 Å². The molecule has 19 heavy (non-hydrogen) atoms. The van der Waals surface area contributed by atoms with Gasteiger partial charge in [0.25, 0.3) is 0 Å². The minimum Gasteiger partial charge on any atom is -0.481 e. The summed E-state index contributed by atoms with van der Waals surface area (Å²) in [7, 11) is 0. The van der Waals surface area contributed by atoms with Crippen LogP contribution in [0, 0.1) is 23.2 Å². The predicted molar refractivity (Wildman–Crippen MR) is 72.6 cm³/mol. The van der Waals surface area contributed by atoms with Crippen LogP contribution in [0.3, 0.4) is 0 Å². The van der Waals surface area contributed by atoms with Gasteiger partial charge in [-0.3, -0.25) is 9.59 Å². The van der Waals surface area contributed by atoms with Gasteiger partial charge in [-0.1, -0.05) is 26.7 Å². The van der Waals surface area contributed by atoms with E-state index in [1.807, 2.05) is 13.8 Å². The smallest absolute Gasteiger partial charge is 0.311 e. The second kappa shape index (κ2) is 5.51. The number of hydrogen-bond acceptors (Lipinski definition) is 2. The maximum atomic E-state index is 12.2. The van der Waals surface area contributed by atoms with E-state index >= 15 is 0 Å². The van der Waals surface area contributed by atoms with Crippen LogP contribution in [-0.2, 0) is 9.59 Å². The molecule has 4 nitrogen and oxygen atoms in total. The molecule has 1 amide bonds. The topological polar surface area (TPSA) is 66.4 Å². The lowest BCUT2D eigenvalue weighted by Gasteiger charge is -2.26. The number of aliphatic carboxylic acids is 1. The highest BCUT2D eigenvalue weighted by atomic mass is 16.4. The van der Waals surface area contributed by atoms with Crippen LogP contribution < -0.4 is 5.32 Å². The first-order valence-corrected chi connectivity index (χ1v) is 7.57. The Labute approximate surface area is 115 Å². The van der Waals surface area contributed by atoms with Gasteiger partial charge < -0.3 is 10.4 Å². The minimum atomic E-state index is -0.800. The normalized spacial score (nSPS) is 29.5. The van der Waals surface area contributed by atoms with Crippen molar-refractivity contribution in [3.8, 4) is 0 Å². The van der Waals surface area contributed by atoms with Gasteiger partial charge in [-0.05, 0) is 37.5 Å². The molecule has 2 aliphatic rings. The molecule has 0 aromatic rings. The van der Waals surface area contributed by atoms with Crippen LogP contribution in [0.15, 0.2) is 0 Å². The van der Waals surface area contributed by atoms with Crippen molar-refractivity contribution in [2.75, 3.05) is 6.54 Å². The zero-order chi connectivity index (χ0) is 14.0. The molecule has 2 rings (SSSR count). The Morgan fingerprint density at radius 3 is 2.11 bits per heavy atom. The van der Waals surface area contributed by atoms with Gasteiger partial charge in [0, 0.05) is 12.5 Å². The van der Waals surface area contributed by atoms with Crippen molar-refractivity contribution in [2.45, 2.75) is 52.4 Å². The highest BCUT2D eigenvalue weighted by Crippen LogP contribution is 2.55. The lowest BCUT2D eigenvalue weighted by molar-refractivity contribution is -0.149. The largest absolute Gasteiger partial charge is 0.481 e. The van der Waals surface area contributed by atoms with E-state index in [0.29, 0.717) is 24.7 Å². The molecular formula is C15H25NO3.